The van der Waals surface area contributed by atoms with Crippen LogP contribution in [0.3, 0.4) is 0 Å². The average Bonchev–Trinajstić information content (AvgIpc) is 3.04. The van der Waals surface area contributed by atoms with Gasteiger partial charge in [-0.1, -0.05) is 30.3 Å². The van der Waals surface area contributed by atoms with Crippen LogP contribution in [-0.4, -0.2) is 78.9 Å². The number of benzene rings is 2. The van der Waals surface area contributed by atoms with Crippen molar-refractivity contribution in [3.63, 3.8) is 0 Å². The summed E-state index contributed by atoms with van der Waals surface area (Å²) in [6.45, 7) is 4.54. The van der Waals surface area contributed by atoms with E-state index < -0.39 is 0 Å². The Bertz CT molecular complexity index is 968. The standard InChI is InChI=1S/C24H27N3O4/c1-31-15-5-10-27-23(29)20-9-8-19(16-21(20)24(27)30)22(28)26-13-11-25(12-14-26)17-18-6-3-2-4-7-18/h2-4,6-9,16H,5,10-15,17H2,1H3. The fourth-order valence-electron chi connectivity index (χ4n) is 4.13. The molecule has 0 radical (unpaired) electrons. The fraction of sp³-hybridized carbons (Fsp3) is 0.375. The second-order valence-electron chi connectivity index (χ2n) is 7.92. The van der Waals surface area contributed by atoms with Gasteiger partial charge in [0.15, 0.2) is 0 Å². The molecular weight excluding hydrogens is 394 g/mol. The summed E-state index contributed by atoms with van der Waals surface area (Å²) in [6.07, 6.45) is 0.584. The van der Waals surface area contributed by atoms with Crippen LogP contribution in [0.4, 0.5) is 0 Å². The highest BCUT2D eigenvalue weighted by Crippen LogP contribution is 2.25. The normalized spacial score (nSPS) is 16.7. The van der Waals surface area contributed by atoms with Gasteiger partial charge in [0.1, 0.15) is 0 Å². The molecule has 0 aromatic heterocycles. The van der Waals surface area contributed by atoms with Crippen molar-refractivity contribution in [2.24, 2.45) is 0 Å². The third kappa shape index (κ3) is 4.52. The Kier molecular flexibility index (Phi) is 6.44. The van der Waals surface area contributed by atoms with Gasteiger partial charge < -0.3 is 9.64 Å². The first kappa shape index (κ1) is 21.2. The molecule has 162 valence electrons. The monoisotopic (exact) mass is 421 g/mol. The van der Waals surface area contributed by atoms with Crippen molar-refractivity contribution in [1.29, 1.82) is 0 Å². The van der Waals surface area contributed by atoms with E-state index in [9.17, 15) is 14.4 Å². The molecule has 0 aliphatic carbocycles. The summed E-state index contributed by atoms with van der Waals surface area (Å²) in [7, 11) is 1.59. The lowest BCUT2D eigenvalue weighted by atomic mass is 10.0. The molecule has 0 N–H and O–H groups in total. The van der Waals surface area contributed by atoms with Crippen LogP contribution in [0, 0.1) is 0 Å². The zero-order valence-electron chi connectivity index (χ0n) is 17.8. The number of nitrogens with zero attached hydrogens (tertiary/aromatic N) is 3. The quantitative estimate of drug-likeness (QED) is 0.507. The van der Waals surface area contributed by atoms with E-state index in [0.717, 1.165) is 19.6 Å². The van der Waals surface area contributed by atoms with Crippen LogP contribution in [-0.2, 0) is 11.3 Å². The highest BCUT2D eigenvalue weighted by atomic mass is 16.5. The van der Waals surface area contributed by atoms with Gasteiger partial charge in [0.05, 0.1) is 11.1 Å². The van der Waals surface area contributed by atoms with Crippen molar-refractivity contribution in [3.8, 4) is 0 Å². The zero-order valence-corrected chi connectivity index (χ0v) is 17.8. The molecule has 2 aliphatic rings. The van der Waals surface area contributed by atoms with Gasteiger partial charge in [0, 0.05) is 58.5 Å². The predicted molar refractivity (Wildman–Crippen MR) is 116 cm³/mol. The van der Waals surface area contributed by atoms with Gasteiger partial charge in [0.2, 0.25) is 0 Å². The minimum atomic E-state index is -0.335. The molecule has 31 heavy (non-hydrogen) atoms. The number of fused-ring (bicyclic) bond motifs is 1. The molecule has 3 amide bonds. The number of rotatable bonds is 7. The van der Waals surface area contributed by atoms with Crippen LogP contribution in [0.5, 0.6) is 0 Å². The summed E-state index contributed by atoms with van der Waals surface area (Å²) in [6, 6.07) is 15.1. The number of imide groups is 1. The van der Waals surface area contributed by atoms with Crippen LogP contribution in [0.25, 0.3) is 0 Å². The zero-order chi connectivity index (χ0) is 21.8. The number of carbonyl (C=O) groups is 3. The van der Waals surface area contributed by atoms with Crippen molar-refractivity contribution in [2.75, 3.05) is 46.4 Å². The second-order valence-corrected chi connectivity index (χ2v) is 7.92. The van der Waals surface area contributed by atoms with E-state index >= 15 is 0 Å². The van der Waals surface area contributed by atoms with Gasteiger partial charge in [-0.15, -0.1) is 0 Å². The smallest absolute Gasteiger partial charge is 0.261 e. The fourth-order valence-corrected chi connectivity index (χ4v) is 4.13. The predicted octanol–water partition coefficient (Wildman–Crippen LogP) is 2.28. The number of methoxy groups -OCH3 is 1. The summed E-state index contributed by atoms with van der Waals surface area (Å²) >= 11 is 0. The Morgan fingerprint density at radius 3 is 2.35 bits per heavy atom. The number of ether oxygens (including phenoxy) is 1. The lowest BCUT2D eigenvalue weighted by molar-refractivity contribution is 0.0625. The van der Waals surface area contributed by atoms with Crippen LogP contribution in [0.2, 0.25) is 0 Å². The van der Waals surface area contributed by atoms with E-state index in [1.807, 2.05) is 23.1 Å². The molecule has 0 atom stereocenters. The summed E-state index contributed by atoms with van der Waals surface area (Å²) < 4.78 is 5.00. The van der Waals surface area contributed by atoms with E-state index in [0.29, 0.717) is 49.4 Å². The summed E-state index contributed by atoms with van der Waals surface area (Å²) in [4.78, 5) is 43.7. The van der Waals surface area contributed by atoms with Gasteiger partial charge in [-0.3, -0.25) is 24.2 Å². The average molecular weight is 421 g/mol. The number of piperazine rings is 1. The first-order valence-electron chi connectivity index (χ1n) is 10.6. The lowest BCUT2D eigenvalue weighted by Crippen LogP contribution is -2.48. The maximum absolute atomic E-state index is 13.0. The molecule has 4 rings (SSSR count). The Hall–Kier alpha value is -3.03. The van der Waals surface area contributed by atoms with Gasteiger partial charge in [0.25, 0.3) is 17.7 Å². The molecule has 2 aromatic rings. The minimum Gasteiger partial charge on any atom is -0.385 e. The van der Waals surface area contributed by atoms with Crippen molar-refractivity contribution in [3.05, 3.63) is 70.8 Å². The van der Waals surface area contributed by atoms with Gasteiger partial charge >= 0.3 is 0 Å². The topological polar surface area (TPSA) is 70.2 Å². The first-order chi connectivity index (χ1) is 15.1. The molecule has 7 heteroatoms. The summed E-state index contributed by atoms with van der Waals surface area (Å²) in [5, 5.41) is 0. The molecule has 0 spiro atoms. The third-order valence-electron chi connectivity index (χ3n) is 5.86. The van der Waals surface area contributed by atoms with Gasteiger partial charge in [-0.05, 0) is 30.2 Å². The molecule has 1 fully saturated rings. The molecular formula is C24H27N3O4. The van der Waals surface area contributed by atoms with E-state index in [1.54, 1.807) is 25.3 Å². The van der Waals surface area contributed by atoms with Crippen LogP contribution >= 0.6 is 0 Å². The maximum atomic E-state index is 13.0. The highest BCUT2D eigenvalue weighted by molar-refractivity contribution is 6.22. The number of hydrogen-bond donors (Lipinski definition) is 0. The number of carbonyl (C=O) groups excluding carboxylic acids is 3. The number of amides is 3. The minimum absolute atomic E-state index is 0.0970. The second kappa shape index (κ2) is 9.41. The van der Waals surface area contributed by atoms with Crippen molar-refractivity contribution in [1.82, 2.24) is 14.7 Å². The number of hydrogen-bond acceptors (Lipinski definition) is 5. The SMILES string of the molecule is COCCCN1C(=O)c2ccc(C(=O)N3CCN(Cc4ccccc4)CC3)cc2C1=O. The van der Waals surface area contributed by atoms with Crippen LogP contribution in [0.1, 0.15) is 43.1 Å². The van der Waals surface area contributed by atoms with E-state index in [-0.39, 0.29) is 17.7 Å². The van der Waals surface area contributed by atoms with Crippen molar-refractivity contribution >= 4 is 17.7 Å². The maximum Gasteiger partial charge on any atom is 0.261 e. The summed E-state index contributed by atoms with van der Waals surface area (Å²) in [5.74, 6) is -0.733. The Morgan fingerprint density at radius 1 is 0.935 bits per heavy atom. The van der Waals surface area contributed by atoms with Crippen LogP contribution in [0.15, 0.2) is 48.5 Å². The lowest BCUT2D eigenvalue weighted by Gasteiger charge is -2.34. The van der Waals surface area contributed by atoms with Crippen molar-refractivity contribution in [2.45, 2.75) is 13.0 Å². The van der Waals surface area contributed by atoms with E-state index in [1.165, 1.54) is 10.5 Å². The molecule has 2 heterocycles. The molecule has 2 aliphatic heterocycles. The Balaban J connectivity index is 1.38. The van der Waals surface area contributed by atoms with E-state index in [2.05, 4.69) is 17.0 Å². The molecule has 1 saturated heterocycles. The molecule has 0 bridgehead atoms. The highest BCUT2D eigenvalue weighted by Gasteiger charge is 2.36. The Morgan fingerprint density at radius 2 is 1.65 bits per heavy atom. The molecule has 0 saturated carbocycles. The van der Waals surface area contributed by atoms with Crippen LogP contribution < -0.4 is 0 Å². The third-order valence-corrected chi connectivity index (χ3v) is 5.86. The van der Waals surface area contributed by atoms with Gasteiger partial charge in [-0.25, -0.2) is 0 Å². The largest absolute Gasteiger partial charge is 0.385 e. The first-order valence-corrected chi connectivity index (χ1v) is 10.6. The van der Waals surface area contributed by atoms with E-state index in [4.69, 9.17) is 4.74 Å². The Labute approximate surface area is 182 Å². The van der Waals surface area contributed by atoms with Gasteiger partial charge in [-0.2, -0.15) is 0 Å². The molecule has 7 nitrogen and oxygen atoms in total. The molecule has 2 aromatic carbocycles. The summed E-state index contributed by atoms with van der Waals surface area (Å²) in [5.41, 5.74) is 2.40. The molecule has 0 unspecified atom stereocenters. The van der Waals surface area contributed by atoms with Crippen molar-refractivity contribution < 1.29 is 19.1 Å².